The fraction of sp³-hybridized carbons (Fsp3) is 0.417. The molecule has 0 fully saturated rings. The lowest BCUT2D eigenvalue weighted by Gasteiger charge is -2.12. The van der Waals surface area contributed by atoms with Gasteiger partial charge in [0.25, 0.3) is 0 Å². The van der Waals surface area contributed by atoms with E-state index in [1.165, 1.54) is 4.88 Å². The molecule has 2 aromatic heterocycles. The van der Waals surface area contributed by atoms with Gasteiger partial charge in [0, 0.05) is 24.2 Å². The van der Waals surface area contributed by atoms with E-state index in [4.69, 9.17) is 0 Å². The summed E-state index contributed by atoms with van der Waals surface area (Å²) in [4.78, 5) is 1.38. The predicted octanol–water partition coefficient (Wildman–Crippen LogP) is 2.60. The number of aromatic nitrogens is 2. The molecular weight excluding hydrogens is 218 g/mol. The highest BCUT2D eigenvalue weighted by Crippen LogP contribution is 2.08. The van der Waals surface area contributed by atoms with Crippen molar-refractivity contribution in [2.45, 2.75) is 26.4 Å². The largest absolute Gasteiger partial charge is 0.310 e. The molecule has 0 amide bonds. The second-order valence-electron chi connectivity index (χ2n) is 4.00. The Kier molecular flexibility index (Phi) is 3.74. The van der Waals surface area contributed by atoms with Gasteiger partial charge in [-0.15, -0.1) is 11.3 Å². The van der Waals surface area contributed by atoms with E-state index in [1.807, 2.05) is 23.9 Å². The third-order valence-corrected chi connectivity index (χ3v) is 3.39. The van der Waals surface area contributed by atoms with E-state index in [1.54, 1.807) is 11.3 Å². The molecule has 86 valence electrons. The van der Waals surface area contributed by atoms with Gasteiger partial charge in [-0.1, -0.05) is 6.07 Å². The monoisotopic (exact) mass is 235 g/mol. The zero-order chi connectivity index (χ0) is 11.4. The summed E-state index contributed by atoms with van der Waals surface area (Å²) in [6.07, 6.45) is 2.03. The maximum Gasteiger partial charge on any atom is 0.0615 e. The minimum Gasteiger partial charge on any atom is -0.310 e. The first-order valence-electron chi connectivity index (χ1n) is 5.50. The summed E-state index contributed by atoms with van der Waals surface area (Å²) >= 11 is 1.79. The second kappa shape index (κ2) is 5.27. The van der Waals surface area contributed by atoms with E-state index in [9.17, 15) is 0 Å². The molecule has 0 aromatic carbocycles. The summed E-state index contributed by atoms with van der Waals surface area (Å²) in [6, 6.07) is 6.67. The van der Waals surface area contributed by atoms with Gasteiger partial charge in [0.05, 0.1) is 11.7 Å². The van der Waals surface area contributed by atoms with Gasteiger partial charge in [-0.25, -0.2) is 0 Å². The van der Waals surface area contributed by atoms with E-state index in [2.05, 4.69) is 34.9 Å². The SMILES string of the molecule is Cc1ccn(C(C)CNCc2cccs2)n1. The van der Waals surface area contributed by atoms with Crippen molar-refractivity contribution in [2.75, 3.05) is 6.54 Å². The molecule has 0 aliphatic heterocycles. The molecule has 0 saturated carbocycles. The van der Waals surface area contributed by atoms with Crippen molar-refractivity contribution in [1.82, 2.24) is 15.1 Å². The average molecular weight is 235 g/mol. The molecule has 0 spiro atoms. The van der Waals surface area contributed by atoms with Crippen molar-refractivity contribution in [3.8, 4) is 0 Å². The lowest BCUT2D eigenvalue weighted by Crippen LogP contribution is -2.23. The summed E-state index contributed by atoms with van der Waals surface area (Å²) in [5.74, 6) is 0. The average Bonchev–Trinajstić information content (AvgIpc) is 2.89. The lowest BCUT2D eigenvalue weighted by molar-refractivity contribution is 0.452. The molecule has 0 radical (unpaired) electrons. The molecule has 0 saturated heterocycles. The van der Waals surface area contributed by atoms with Gasteiger partial charge in [0.15, 0.2) is 0 Å². The molecule has 3 nitrogen and oxygen atoms in total. The van der Waals surface area contributed by atoms with Crippen molar-refractivity contribution in [2.24, 2.45) is 0 Å². The summed E-state index contributed by atoms with van der Waals surface area (Å²) in [5.41, 5.74) is 1.07. The van der Waals surface area contributed by atoms with Gasteiger partial charge in [0.1, 0.15) is 0 Å². The molecule has 0 aliphatic rings. The zero-order valence-electron chi connectivity index (χ0n) is 9.68. The number of thiophene rings is 1. The van der Waals surface area contributed by atoms with Crippen molar-refractivity contribution >= 4 is 11.3 Å². The van der Waals surface area contributed by atoms with Gasteiger partial charge < -0.3 is 5.32 Å². The van der Waals surface area contributed by atoms with Crippen LogP contribution in [-0.2, 0) is 6.54 Å². The third kappa shape index (κ3) is 2.93. The molecule has 2 rings (SSSR count). The first kappa shape index (κ1) is 11.4. The Morgan fingerprint density at radius 1 is 1.50 bits per heavy atom. The summed E-state index contributed by atoms with van der Waals surface area (Å²) in [7, 11) is 0. The van der Waals surface area contributed by atoms with Gasteiger partial charge in [-0.2, -0.15) is 5.10 Å². The molecule has 1 atom stereocenters. The molecule has 2 heterocycles. The normalized spacial score (nSPS) is 12.9. The third-order valence-electron chi connectivity index (χ3n) is 2.51. The van der Waals surface area contributed by atoms with Crippen LogP contribution < -0.4 is 5.32 Å². The minimum atomic E-state index is 0.397. The van der Waals surface area contributed by atoms with Crippen molar-refractivity contribution in [3.63, 3.8) is 0 Å². The Morgan fingerprint density at radius 2 is 2.38 bits per heavy atom. The van der Waals surface area contributed by atoms with Crippen molar-refractivity contribution in [3.05, 3.63) is 40.3 Å². The van der Waals surface area contributed by atoms with Crippen LogP contribution in [0.15, 0.2) is 29.8 Å². The highest BCUT2D eigenvalue weighted by atomic mass is 32.1. The molecule has 1 unspecified atom stereocenters. The fourth-order valence-corrected chi connectivity index (χ4v) is 2.26. The zero-order valence-corrected chi connectivity index (χ0v) is 10.5. The molecule has 16 heavy (non-hydrogen) atoms. The van der Waals surface area contributed by atoms with Crippen LogP contribution in [0.4, 0.5) is 0 Å². The number of nitrogens with one attached hydrogen (secondary N) is 1. The summed E-state index contributed by atoms with van der Waals surface area (Å²) in [6.45, 7) is 6.08. The van der Waals surface area contributed by atoms with Crippen LogP contribution in [0.5, 0.6) is 0 Å². The fourth-order valence-electron chi connectivity index (χ4n) is 1.59. The van der Waals surface area contributed by atoms with E-state index < -0.39 is 0 Å². The quantitative estimate of drug-likeness (QED) is 0.863. The number of aryl methyl sites for hydroxylation is 1. The Labute approximate surface area is 100 Å². The number of rotatable bonds is 5. The lowest BCUT2D eigenvalue weighted by atomic mass is 10.3. The Hall–Kier alpha value is -1.13. The molecule has 2 aromatic rings. The molecule has 0 aliphatic carbocycles. The van der Waals surface area contributed by atoms with Crippen molar-refractivity contribution < 1.29 is 0 Å². The van der Waals surface area contributed by atoms with Crippen molar-refractivity contribution in [1.29, 1.82) is 0 Å². The second-order valence-corrected chi connectivity index (χ2v) is 5.03. The number of hydrogen-bond donors (Lipinski definition) is 1. The van der Waals surface area contributed by atoms with E-state index >= 15 is 0 Å². The Balaban J connectivity index is 1.78. The highest BCUT2D eigenvalue weighted by Gasteiger charge is 2.04. The molecule has 1 N–H and O–H groups in total. The van der Waals surface area contributed by atoms with Crippen LogP contribution in [0, 0.1) is 6.92 Å². The Morgan fingerprint density at radius 3 is 3.00 bits per heavy atom. The van der Waals surface area contributed by atoms with Gasteiger partial charge in [0.2, 0.25) is 0 Å². The molecule has 4 heteroatoms. The number of nitrogens with zero attached hydrogens (tertiary/aromatic N) is 2. The smallest absolute Gasteiger partial charge is 0.0615 e. The maximum atomic E-state index is 4.41. The van der Waals surface area contributed by atoms with E-state index in [0.717, 1.165) is 18.8 Å². The van der Waals surface area contributed by atoms with Crippen LogP contribution in [0.25, 0.3) is 0 Å². The maximum absolute atomic E-state index is 4.41. The van der Waals surface area contributed by atoms with Gasteiger partial charge in [-0.3, -0.25) is 4.68 Å². The van der Waals surface area contributed by atoms with Gasteiger partial charge in [-0.05, 0) is 31.4 Å². The summed E-state index contributed by atoms with van der Waals surface area (Å²) in [5, 5.41) is 9.96. The van der Waals surface area contributed by atoms with Crippen LogP contribution in [0.3, 0.4) is 0 Å². The first-order valence-corrected chi connectivity index (χ1v) is 6.38. The summed E-state index contributed by atoms with van der Waals surface area (Å²) < 4.78 is 2.01. The van der Waals surface area contributed by atoms with E-state index in [-0.39, 0.29) is 0 Å². The standard InChI is InChI=1S/C12H17N3S/c1-10-5-6-15(14-10)11(2)8-13-9-12-4-3-7-16-12/h3-7,11,13H,8-9H2,1-2H3. The first-order chi connectivity index (χ1) is 7.75. The van der Waals surface area contributed by atoms with Crippen LogP contribution in [0.2, 0.25) is 0 Å². The number of hydrogen-bond acceptors (Lipinski definition) is 3. The topological polar surface area (TPSA) is 29.9 Å². The van der Waals surface area contributed by atoms with Crippen LogP contribution >= 0.6 is 11.3 Å². The van der Waals surface area contributed by atoms with Crippen LogP contribution in [-0.4, -0.2) is 16.3 Å². The molecular formula is C12H17N3S. The highest BCUT2D eigenvalue weighted by molar-refractivity contribution is 7.09. The molecule has 0 bridgehead atoms. The van der Waals surface area contributed by atoms with Gasteiger partial charge >= 0.3 is 0 Å². The van der Waals surface area contributed by atoms with Crippen LogP contribution in [0.1, 0.15) is 23.5 Å². The van der Waals surface area contributed by atoms with E-state index in [0.29, 0.717) is 6.04 Å². The minimum absolute atomic E-state index is 0.397. The predicted molar refractivity (Wildman–Crippen MR) is 67.7 cm³/mol. The Bertz CT molecular complexity index is 419.